The summed E-state index contributed by atoms with van der Waals surface area (Å²) in [6, 6.07) is 81.5. The maximum atomic E-state index is 6.92. The molecule has 4 heteroatoms. The molecule has 0 N–H and O–H groups in total. The van der Waals surface area contributed by atoms with E-state index in [4.69, 9.17) is 4.42 Å². The summed E-state index contributed by atoms with van der Waals surface area (Å²) in [7, 11) is 0. The van der Waals surface area contributed by atoms with Gasteiger partial charge in [-0.3, -0.25) is 0 Å². The van der Waals surface area contributed by atoms with Crippen LogP contribution in [0.3, 0.4) is 0 Å². The lowest BCUT2D eigenvalue weighted by molar-refractivity contribution is 0.669. The van der Waals surface area contributed by atoms with E-state index in [0.717, 1.165) is 67.3 Å². The van der Waals surface area contributed by atoms with E-state index >= 15 is 0 Å². The Bertz CT molecular complexity index is 4030. The molecule has 0 saturated heterocycles. The summed E-state index contributed by atoms with van der Waals surface area (Å²) in [5.41, 5.74) is 14.2. The number of fused-ring (bicyclic) bond motifs is 12. The van der Waals surface area contributed by atoms with E-state index < -0.39 is 0 Å². The third-order valence-electron chi connectivity index (χ3n) is 13.4. The van der Waals surface area contributed by atoms with E-state index in [9.17, 15) is 0 Å². The first-order valence-corrected chi connectivity index (χ1v) is 21.9. The van der Waals surface area contributed by atoms with E-state index in [2.05, 4.69) is 239 Å². The zero-order valence-electron chi connectivity index (χ0n) is 34.6. The van der Waals surface area contributed by atoms with Gasteiger partial charge in [-0.2, -0.15) is 0 Å². The van der Waals surface area contributed by atoms with Crippen LogP contribution >= 0.6 is 0 Å². The summed E-state index contributed by atoms with van der Waals surface area (Å²) in [4.78, 5) is 4.80. The second-order valence-corrected chi connectivity index (χ2v) is 16.9. The molecule has 0 fully saturated rings. The minimum atomic E-state index is 0.859. The Morgan fingerprint density at radius 2 is 1.00 bits per heavy atom. The quantitative estimate of drug-likeness (QED) is 0.162. The van der Waals surface area contributed by atoms with Crippen LogP contribution in [0.1, 0.15) is 0 Å². The molecule has 11 aromatic carbocycles. The van der Waals surface area contributed by atoms with Gasteiger partial charge in [0.2, 0.25) is 0 Å². The Balaban J connectivity index is 0.987. The molecule has 64 heavy (non-hydrogen) atoms. The highest BCUT2D eigenvalue weighted by molar-refractivity contribution is 6.27. The van der Waals surface area contributed by atoms with Crippen LogP contribution in [0.2, 0.25) is 0 Å². The Morgan fingerprint density at radius 1 is 0.328 bits per heavy atom. The molecule has 0 aliphatic carbocycles. The van der Waals surface area contributed by atoms with Gasteiger partial charge in [-0.15, -0.1) is 0 Å². The molecule has 0 bridgehead atoms. The topological polar surface area (TPSA) is 24.6 Å². The van der Waals surface area contributed by atoms with Crippen molar-refractivity contribution in [3.05, 3.63) is 224 Å². The Labute approximate surface area is 368 Å². The standard InChI is InChI=1S/C60H37N3O/c1-3-15-40(16-4-1)61(42-28-31-46-39(34-42)27-26-38-14-7-8-19-45(38)46)43-30-33-57-52(35-43)60-51-23-13-22-50-48-21-10-12-25-54(48)63(56(59(50)51)37-58(60)64-57)44-29-32-49-47-20-9-11-24-53(47)62(55(49)36-44)41-17-5-2-6-18-41/h1-37H. The van der Waals surface area contributed by atoms with Gasteiger partial charge in [0.25, 0.3) is 0 Å². The minimum Gasteiger partial charge on any atom is -0.456 e. The summed E-state index contributed by atoms with van der Waals surface area (Å²) in [6.45, 7) is 0. The normalized spacial score (nSPS) is 12.3. The van der Waals surface area contributed by atoms with Crippen molar-refractivity contribution in [2.24, 2.45) is 0 Å². The lowest BCUT2D eigenvalue weighted by Crippen LogP contribution is -2.15. The maximum absolute atomic E-state index is 6.92. The van der Waals surface area contributed by atoms with Gasteiger partial charge in [0.1, 0.15) is 11.2 Å². The average Bonchev–Trinajstić information content (AvgIpc) is 3.90. The molecule has 0 radical (unpaired) electrons. The van der Waals surface area contributed by atoms with Crippen molar-refractivity contribution in [2.45, 2.75) is 0 Å². The average molecular weight is 816 g/mol. The number of hydrogen-bond acceptors (Lipinski definition) is 3. The zero-order valence-corrected chi connectivity index (χ0v) is 34.6. The van der Waals surface area contributed by atoms with Crippen molar-refractivity contribution in [2.75, 3.05) is 9.80 Å². The molecule has 3 heterocycles. The van der Waals surface area contributed by atoms with Crippen LogP contribution in [0, 0.1) is 0 Å². The molecule has 0 atom stereocenters. The summed E-state index contributed by atoms with van der Waals surface area (Å²) in [6.07, 6.45) is 0. The van der Waals surface area contributed by atoms with Gasteiger partial charge >= 0.3 is 0 Å². The summed E-state index contributed by atoms with van der Waals surface area (Å²) >= 11 is 0. The first kappa shape index (κ1) is 35.0. The van der Waals surface area contributed by atoms with E-state index in [-0.39, 0.29) is 0 Å². The van der Waals surface area contributed by atoms with Crippen molar-refractivity contribution in [1.29, 1.82) is 0 Å². The maximum Gasteiger partial charge on any atom is 0.138 e. The Kier molecular flexibility index (Phi) is 7.36. The van der Waals surface area contributed by atoms with Crippen molar-refractivity contribution < 1.29 is 4.42 Å². The third kappa shape index (κ3) is 5.05. The predicted octanol–water partition coefficient (Wildman–Crippen LogP) is 17.1. The molecule has 13 aromatic rings. The molecule has 0 saturated carbocycles. The summed E-state index contributed by atoms with van der Waals surface area (Å²) in [5, 5.41) is 12.0. The molecule has 2 aromatic heterocycles. The fourth-order valence-corrected chi connectivity index (χ4v) is 10.7. The SMILES string of the molecule is c1ccc(N(c2ccc3c(ccc4ccccc43)c2)c2ccc3oc4cc5c6c(cccc6c4c3c2)-c2ccccc2N5c2ccc3c4ccccc4n(-c4ccccc4)c3c2)cc1. The van der Waals surface area contributed by atoms with Crippen LogP contribution in [-0.4, -0.2) is 4.57 Å². The first-order chi connectivity index (χ1) is 31.7. The fourth-order valence-electron chi connectivity index (χ4n) is 10.7. The molecule has 1 aliphatic rings. The lowest BCUT2D eigenvalue weighted by Gasteiger charge is -2.33. The van der Waals surface area contributed by atoms with E-state index in [1.54, 1.807) is 0 Å². The van der Waals surface area contributed by atoms with Gasteiger partial charge in [0.05, 0.1) is 22.4 Å². The van der Waals surface area contributed by atoms with Gasteiger partial charge < -0.3 is 18.8 Å². The number of para-hydroxylation sites is 4. The van der Waals surface area contributed by atoms with Crippen molar-refractivity contribution >= 4 is 110 Å². The van der Waals surface area contributed by atoms with Crippen LogP contribution in [-0.2, 0) is 0 Å². The van der Waals surface area contributed by atoms with Crippen molar-refractivity contribution in [1.82, 2.24) is 4.57 Å². The van der Waals surface area contributed by atoms with Crippen LogP contribution in [0.4, 0.5) is 34.1 Å². The van der Waals surface area contributed by atoms with Crippen LogP contribution in [0.5, 0.6) is 0 Å². The van der Waals surface area contributed by atoms with Gasteiger partial charge in [-0.1, -0.05) is 140 Å². The van der Waals surface area contributed by atoms with Gasteiger partial charge in [-0.25, -0.2) is 0 Å². The van der Waals surface area contributed by atoms with Gasteiger partial charge in [0, 0.05) is 67.0 Å². The van der Waals surface area contributed by atoms with Gasteiger partial charge in [0.15, 0.2) is 0 Å². The molecular formula is C60H37N3O. The monoisotopic (exact) mass is 815 g/mol. The number of benzene rings is 11. The molecule has 298 valence electrons. The smallest absolute Gasteiger partial charge is 0.138 e. The summed E-state index contributed by atoms with van der Waals surface area (Å²) in [5.74, 6) is 0. The van der Waals surface area contributed by atoms with E-state index in [1.807, 2.05) is 0 Å². The number of rotatable bonds is 5. The van der Waals surface area contributed by atoms with Crippen LogP contribution < -0.4 is 9.80 Å². The second kappa shape index (κ2) is 13.4. The molecular weight excluding hydrogens is 779 g/mol. The van der Waals surface area contributed by atoms with E-state index in [1.165, 1.54) is 59.7 Å². The highest BCUT2D eigenvalue weighted by Crippen LogP contribution is 2.54. The Morgan fingerprint density at radius 3 is 1.91 bits per heavy atom. The molecule has 0 amide bonds. The molecule has 0 spiro atoms. The number of aromatic nitrogens is 1. The molecule has 1 aliphatic heterocycles. The first-order valence-electron chi connectivity index (χ1n) is 21.9. The fraction of sp³-hybridized carbons (Fsp3) is 0. The number of nitrogens with zero attached hydrogens (tertiary/aromatic N) is 3. The van der Waals surface area contributed by atoms with Crippen molar-refractivity contribution in [3.8, 4) is 16.8 Å². The van der Waals surface area contributed by atoms with Crippen LogP contribution in [0.25, 0.3) is 92.9 Å². The van der Waals surface area contributed by atoms with Crippen LogP contribution in [0.15, 0.2) is 229 Å². The van der Waals surface area contributed by atoms with Gasteiger partial charge in [-0.05, 0) is 111 Å². The molecule has 4 nitrogen and oxygen atoms in total. The lowest BCUT2D eigenvalue weighted by atomic mass is 9.89. The molecule has 14 rings (SSSR count). The number of furan rings is 1. The number of anilines is 6. The van der Waals surface area contributed by atoms with E-state index in [0.29, 0.717) is 0 Å². The summed E-state index contributed by atoms with van der Waals surface area (Å²) < 4.78 is 9.32. The zero-order chi connectivity index (χ0) is 41.9. The Hall–Kier alpha value is -8.60. The highest BCUT2D eigenvalue weighted by Gasteiger charge is 2.29. The highest BCUT2D eigenvalue weighted by atomic mass is 16.3. The minimum absolute atomic E-state index is 0.859. The largest absolute Gasteiger partial charge is 0.456 e. The third-order valence-corrected chi connectivity index (χ3v) is 13.4. The predicted molar refractivity (Wildman–Crippen MR) is 269 cm³/mol. The van der Waals surface area contributed by atoms with Crippen molar-refractivity contribution in [3.63, 3.8) is 0 Å². The second-order valence-electron chi connectivity index (χ2n) is 16.9. The number of hydrogen-bond donors (Lipinski definition) is 0. The molecule has 0 unspecified atom stereocenters.